The van der Waals surface area contributed by atoms with Gasteiger partial charge in [0.2, 0.25) is 0 Å². The molecule has 1 aromatic rings. The van der Waals surface area contributed by atoms with E-state index < -0.39 is 0 Å². The predicted octanol–water partition coefficient (Wildman–Crippen LogP) is 7.40. The molecule has 0 amide bonds. The van der Waals surface area contributed by atoms with Crippen molar-refractivity contribution < 1.29 is 13.9 Å². The molecule has 0 unspecified atom stereocenters. The van der Waals surface area contributed by atoms with Gasteiger partial charge in [-0.3, -0.25) is 0 Å². The Morgan fingerprint density at radius 2 is 1.72 bits per heavy atom. The highest BCUT2D eigenvalue weighted by Crippen LogP contribution is 2.27. The highest BCUT2D eigenvalue weighted by molar-refractivity contribution is 6.30. The van der Waals surface area contributed by atoms with E-state index in [-0.39, 0.29) is 17.3 Å². The third kappa shape index (κ3) is 13.8. The molecule has 2 nitrogen and oxygen atoms in total. The lowest BCUT2D eigenvalue weighted by Gasteiger charge is -2.10. The molecule has 146 valence electrons. The van der Waals surface area contributed by atoms with Gasteiger partial charge in [0.05, 0.1) is 6.61 Å². The molecule has 0 spiro atoms. The van der Waals surface area contributed by atoms with E-state index >= 15 is 0 Å². The number of hydrogen-bond acceptors (Lipinski definition) is 2. The third-order valence-electron chi connectivity index (χ3n) is 3.02. The quantitative estimate of drug-likeness (QED) is 0.421. The van der Waals surface area contributed by atoms with Crippen LogP contribution in [0.2, 0.25) is 5.02 Å². The zero-order valence-corrected chi connectivity index (χ0v) is 17.6. The second kappa shape index (κ2) is 17.7. The second-order valence-corrected chi connectivity index (χ2v) is 6.13. The van der Waals surface area contributed by atoms with Crippen molar-refractivity contribution in [2.45, 2.75) is 86.5 Å². The molecule has 1 aromatic carbocycles. The van der Waals surface area contributed by atoms with Crippen LogP contribution in [0.1, 0.15) is 85.6 Å². The minimum atomic E-state index is -0.311. The molecule has 0 fully saturated rings. The summed E-state index contributed by atoms with van der Waals surface area (Å²) in [5.41, 5.74) is 0.589. The van der Waals surface area contributed by atoms with E-state index in [1.165, 1.54) is 12.5 Å². The molecule has 0 bridgehead atoms. The van der Waals surface area contributed by atoms with E-state index in [0.717, 1.165) is 25.7 Å². The average molecular weight is 375 g/mol. The smallest absolute Gasteiger partial charge is 0.168 e. The minimum absolute atomic E-state index is 0.203. The molecule has 0 N–H and O–H groups in total. The van der Waals surface area contributed by atoms with Gasteiger partial charge in [0.25, 0.3) is 0 Å². The van der Waals surface area contributed by atoms with E-state index in [2.05, 4.69) is 13.8 Å². The Morgan fingerprint density at radius 3 is 2.24 bits per heavy atom. The second-order valence-electron chi connectivity index (χ2n) is 5.70. The maximum Gasteiger partial charge on any atom is 0.168 e. The normalized spacial score (nSPS) is 9.44. The summed E-state index contributed by atoms with van der Waals surface area (Å²) in [5, 5.41) is 0.497. The first-order valence-electron chi connectivity index (χ1n) is 9.56. The number of carbonyl (C=O) groups is 1. The van der Waals surface area contributed by atoms with Gasteiger partial charge in [-0.25, -0.2) is 4.39 Å². The molecule has 0 radical (unpaired) electrons. The Kier molecular flexibility index (Phi) is 18.5. The van der Waals surface area contributed by atoms with Gasteiger partial charge in [-0.05, 0) is 44.2 Å². The molecule has 0 heterocycles. The van der Waals surface area contributed by atoms with Gasteiger partial charge < -0.3 is 9.53 Å². The maximum atomic E-state index is 14.2. The van der Waals surface area contributed by atoms with Gasteiger partial charge in [-0.1, -0.05) is 59.1 Å². The number of Topliss-reactive ketones (excluding diaryl/α,β-unsaturated/α-hetero) is 1. The lowest BCUT2D eigenvalue weighted by Crippen LogP contribution is -2.01. The van der Waals surface area contributed by atoms with Crippen molar-refractivity contribution in [2.75, 3.05) is 6.61 Å². The van der Waals surface area contributed by atoms with Crippen LogP contribution in [0.5, 0.6) is 5.75 Å². The van der Waals surface area contributed by atoms with Gasteiger partial charge in [0.15, 0.2) is 11.6 Å². The SMILES string of the molecule is CC.CCC.CCCOc1cc(Cl)cc(CCCCCC(C)=O)c1F. The van der Waals surface area contributed by atoms with E-state index in [1.54, 1.807) is 13.0 Å². The molecular formula is C21H36ClFO2. The largest absolute Gasteiger partial charge is 0.490 e. The molecule has 0 aliphatic carbocycles. The van der Waals surface area contributed by atoms with Gasteiger partial charge in [-0.15, -0.1) is 0 Å². The van der Waals surface area contributed by atoms with Crippen molar-refractivity contribution in [2.24, 2.45) is 0 Å². The molecule has 0 saturated heterocycles. The summed E-state index contributed by atoms with van der Waals surface area (Å²) in [6, 6.07) is 3.17. The van der Waals surface area contributed by atoms with Crippen molar-refractivity contribution in [3.63, 3.8) is 0 Å². The summed E-state index contributed by atoms with van der Waals surface area (Å²) in [7, 11) is 0. The number of ether oxygens (including phenoxy) is 1. The molecule has 25 heavy (non-hydrogen) atoms. The van der Waals surface area contributed by atoms with E-state index in [0.29, 0.717) is 30.0 Å². The van der Waals surface area contributed by atoms with E-state index in [4.69, 9.17) is 16.3 Å². The van der Waals surface area contributed by atoms with Gasteiger partial charge >= 0.3 is 0 Å². The molecule has 1 rings (SSSR count). The summed E-state index contributed by atoms with van der Waals surface area (Å²) in [6.45, 7) is 12.3. The van der Waals surface area contributed by atoms with Crippen molar-refractivity contribution in [3.8, 4) is 5.75 Å². The Balaban J connectivity index is 0. The summed E-state index contributed by atoms with van der Waals surface area (Å²) < 4.78 is 19.5. The molecule has 0 aromatic heterocycles. The highest BCUT2D eigenvalue weighted by atomic mass is 35.5. The van der Waals surface area contributed by atoms with Crippen molar-refractivity contribution in [3.05, 3.63) is 28.5 Å². The third-order valence-corrected chi connectivity index (χ3v) is 3.23. The summed E-state index contributed by atoms with van der Waals surface area (Å²) in [6.07, 6.45) is 5.91. The Labute approximate surface area is 159 Å². The Hall–Kier alpha value is -1.09. The number of rotatable bonds is 9. The number of carbonyl (C=O) groups excluding carboxylic acids is 1. The van der Waals surface area contributed by atoms with E-state index in [1.807, 2.05) is 20.8 Å². The molecular weight excluding hydrogens is 339 g/mol. The number of hydrogen-bond donors (Lipinski definition) is 0. The Morgan fingerprint density at radius 1 is 1.12 bits per heavy atom. The monoisotopic (exact) mass is 374 g/mol. The van der Waals surface area contributed by atoms with Crippen LogP contribution in [-0.4, -0.2) is 12.4 Å². The lowest BCUT2D eigenvalue weighted by atomic mass is 10.0. The standard InChI is InChI=1S/C16H22ClFO2.C3H8.C2H6/c1-3-9-20-15-11-14(17)10-13(16(15)18)8-6-4-5-7-12(2)19;1-3-2;1-2/h10-11H,3-9H2,1-2H3;3H2,1-2H3;1-2H3. The van der Waals surface area contributed by atoms with Crippen LogP contribution in [0.4, 0.5) is 4.39 Å². The van der Waals surface area contributed by atoms with Crippen LogP contribution in [0.25, 0.3) is 0 Å². The molecule has 0 aliphatic heterocycles. The van der Waals surface area contributed by atoms with Crippen LogP contribution >= 0.6 is 11.6 Å². The van der Waals surface area contributed by atoms with Gasteiger partial charge in [0, 0.05) is 17.5 Å². The lowest BCUT2D eigenvalue weighted by molar-refractivity contribution is -0.117. The van der Waals surface area contributed by atoms with E-state index in [9.17, 15) is 9.18 Å². The fraction of sp³-hybridized carbons (Fsp3) is 0.667. The predicted molar refractivity (Wildman–Crippen MR) is 107 cm³/mol. The van der Waals surface area contributed by atoms with Gasteiger partial charge in [-0.2, -0.15) is 0 Å². The van der Waals surface area contributed by atoms with Gasteiger partial charge in [0.1, 0.15) is 5.78 Å². The zero-order chi connectivity index (χ0) is 19.7. The number of halogens is 2. The first-order chi connectivity index (χ1) is 12.0. The minimum Gasteiger partial charge on any atom is -0.490 e. The number of benzene rings is 1. The fourth-order valence-corrected chi connectivity index (χ4v) is 2.21. The van der Waals surface area contributed by atoms with Crippen LogP contribution in [0.3, 0.4) is 0 Å². The topological polar surface area (TPSA) is 26.3 Å². The molecule has 4 heteroatoms. The summed E-state index contributed by atoms with van der Waals surface area (Å²) >= 11 is 5.99. The number of unbranched alkanes of at least 4 members (excludes halogenated alkanes) is 2. The first-order valence-corrected chi connectivity index (χ1v) is 9.94. The van der Waals surface area contributed by atoms with Crippen molar-refractivity contribution in [1.29, 1.82) is 0 Å². The zero-order valence-electron chi connectivity index (χ0n) is 16.9. The highest BCUT2D eigenvalue weighted by Gasteiger charge is 2.11. The summed E-state index contributed by atoms with van der Waals surface area (Å²) in [5.74, 6) is 0.127. The number of ketones is 1. The fourth-order valence-electron chi connectivity index (χ4n) is 1.98. The molecule has 0 atom stereocenters. The molecule has 0 aliphatic rings. The van der Waals surface area contributed by atoms with Crippen molar-refractivity contribution in [1.82, 2.24) is 0 Å². The van der Waals surface area contributed by atoms with Crippen molar-refractivity contribution >= 4 is 17.4 Å². The number of aryl methyl sites for hydroxylation is 1. The van der Waals surface area contributed by atoms with Crippen LogP contribution < -0.4 is 4.74 Å². The first kappa shape index (κ1) is 26.1. The Bertz CT molecular complexity index is 461. The average Bonchev–Trinajstić information content (AvgIpc) is 2.58. The van der Waals surface area contributed by atoms with Crippen LogP contribution in [0, 0.1) is 5.82 Å². The maximum absolute atomic E-state index is 14.2. The molecule has 0 saturated carbocycles. The van der Waals surface area contributed by atoms with Crippen LogP contribution in [-0.2, 0) is 11.2 Å². The van der Waals surface area contributed by atoms with Crippen LogP contribution in [0.15, 0.2) is 12.1 Å². The summed E-state index contributed by atoms with van der Waals surface area (Å²) in [4.78, 5) is 10.8.